The van der Waals surface area contributed by atoms with Gasteiger partial charge >= 0.3 is 0 Å². The Morgan fingerprint density at radius 1 is 1.08 bits per heavy atom. The number of nitrogens with zero attached hydrogens (tertiary/aromatic N) is 1. The maximum atomic E-state index is 13.1. The molecule has 1 aliphatic rings. The van der Waals surface area contributed by atoms with Crippen molar-refractivity contribution >= 4 is 38.9 Å². The number of methoxy groups -OCH3 is 1. The van der Waals surface area contributed by atoms with Crippen molar-refractivity contribution < 1.29 is 22.7 Å². The van der Waals surface area contributed by atoms with E-state index in [9.17, 15) is 18.0 Å². The zero-order chi connectivity index (χ0) is 27.4. The van der Waals surface area contributed by atoms with Crippen LogP contribution < -0.4 is 19.7 Å². The van der Waals surface area contributed by atoms with E-state index in [0.29, 0.717) is 22.7 Å². The van der Waals surface area contributed by atoms with Gasteiger partial charge in [0, 0.05) is 30.0 Å². The summed E-state index contributed by atoms with van der Waals surface area (Å²) in [6, 6.07) is 19.1. The molecule has 0 bridgehead atoms. The molecule has 0 saturated carbocycles. The molecule has 0 unspecified atom stereocenters. The summed E-state index contributed by atoms with van der Waals surface area (Å²) in [5.41, 5.74) is 3.20. The number of hydrogen-bond donors (Lipinski definition) is 2. The third-order valence-corrected chi connectivity index (χ3v) is 8.48. The van der Waals surface area contributed by atoms with Gasteiger partial charge in [-0.2, -0.15) is 0 Å². The quantitative estimate of drug-likeness (QED) is 0.386. The molecular weight excluding hydrogens is 502 g/mol. The highest BCUT2D eigenvalue weighted by Gasteiger charge is 2.36. The molecule has 0 radical (unpaired) electrons. The highest BCUT2D eigenvalue weighted by molar-refractivity contribution is 7.92. The van der Waals surface area contributed by atoms with Crippen LogP contribution in [0.3, 0.4) is 0 Å². The average molecular weight is 536 g/mol. The molecule has 3 aromatic carbocycles. The van der Waals surface area contributed by atoms with Gasteiger partial charge in [0.05, 0.1) is 17.9 Å². The number of ether oxygens (including phenoxy) is 1. The number of carbonyl (C=O) groups is 2. The predicted octanol–water partition coefficient (Wildman–Crippen LogP) is 5.31. The molecule has 3 aromatic rings. The minimum Gasteiger partial charge on any atom is -0.497 e. The Morgan fingerprint density at radius 2 is 1.76 bits per heavy atom. The van der Waals surface area contributed by atoms with Crippen LogP contribution in [0.1, 0.15) is 43.7 Å². The number of nitrogens with one attached hydrogen (secondary N) is 2. The zero-order valence-corrected chi connectivity index (χ0v) is 22.8. The lowest BCUT2D eigenvalue weighted by Crippen LogP contribution is -2.29. The topological polar surface area (TPSA) is 105 Å². The average Bonchev–Trinajstić information content (AvgIpc) is 3.31. The largest absolute Gasteiger partial charge is 0.497 e. The van der Waals surface area contributed by atoms with Gasteiger partial charge in [0.1, 0.15) is 5.75 Å². The van der Waals surface area contributed by atoms with Crippen LogP contribution in [0, 0.1) is 12.8 Å². The minimum absolute atomic E-state index is 0.0534. The number of hydrogen-bond acceptors (Lipinski definition) is 5. The van der Waals surface area contributed by atoms with Crippen LogP contribution in [-0.2, 0) is 19.6 Å². The standard InChI is InChI=1S/C29H33N3O5S/c1-5-19(2)25-8-6-7-9-26(25)32-18-21(16-28(32)33)29(34)30-23-11-10-20(3)27(17-23)38(35,36)31-22-12-14-24(37-4)15-13-22/h6-15,17,19,21,31H,5,16,18H2,1-4H3,(H,30,34)/t19-,21+/m0/s1. The van der Waals surface area contributed by atoms with Crippen molar-refractivity contribution in [1.82, 2.24) is 0 Å². The van der Waals surface area contributed by atoms with Gasteiger partial charge < -0.3 is 15.0 Å². The molecule has 2 atom stereocenters. The van der Waals surface area contributed by atoms with Gasteiger partial charge in [-0.25, -0.2) is 8.42 Å². The van der Waals surface area contributed by atoms with Crippen LogP contribution in [0.5, 0.6) is 5.75 Å². The van der Waals surface area contributed by atoms with E-state index in [1.165, 1.54) is 13.2 Å². The molecule has 1 saturated heterocycles. The van der Waals surface area contributed by atoms with Crippen LogP contribution in [0.2, 0.25) is 0 Å². The van der Waals surface area contributed by atoms with Gasteiger partial charge in [0.2, 0.25) is 11.8 Å². The minimum atomic E-state index is -3.91. The Balaban J connectivity index is 1.49. The van der Waals surface area contributed by atoms with Crippen molar-refractivity contribution in [2.45, 2.75) is 44.4 Å². The molecule has 9 heteroatoms. The fourth-order valence-electron chi connectivity index (χ4n) is 4.57. The zero-order valence-electron chi connectivity index (χ0n) is 22.0. The van der Waals surface area contributed by atoms with E-state index in [4.69, 9.17) is 4.74 Å². The van der Waals surface area contributed by atoms with E-state index in [1.54, 1.807) is 48.2 Å². The van der Waals surface area contributed by atoms with Crippen molar-refractivity contribution in [3.63, 3.8) is 0 Å². The van der Waals surface area contributed by atoms with Crippen molar-refractivity contribution in [2.75, 3.05) is 28.6 Å². The summed E-state index contributed by atoms with van der Waals surface area (Å²) in [6.45, 7) is 6.19. The first-order valence-corrected chi connectivity index (χ1v) is 14.1. The highest BCUT2D eigenvalue weighted by Crippen LogP contribution is 2.34. The summed E-state index contributed by atoms with van der Waals surface area (Å²) in [5.74, 6) is -0.0762. The molecular formula is C29H33N3O5S. The molecule has 0 spiro atoms. The van der Waals surface area contributed by atoms with E-state index < -0.39 is 15.9 Å². The lowest BCUT2D eigenvalue weighted by molar-refractivity contribution is -0.122. The van der Waals surface area contributed by atoms with Crippen LogP contribution in [0.25, 0.3) is 0 Å². The Kier molecular flexibility index (Phi) is 8.06. The summed E-state index contributed by atoms with van der Waals surface area (Å²) in [7, 11) is -2.38. The molecule has 1 aliphatic heterocycles. The molecule has 1 fully saturated rings. The second-order valence-corrected chi connectivity index (χ2v) is 11.2. The summed E-state index contributed by atoms with van der Waals surface area (Å²) in [5, 5.41) is 2.82. The molecule has 1 heterocycles. The van der Waals surface area contributed by atoms with Crippen molar-refractivity contribution in [3.8, 4) is 5.75 Å². The molecule has 2 amide bonds. The van der Waals surface area contributed by atoms with Crippen molar-refractivity contribution in [3.05, 3.63) is 77.9 Å². The van der Waals surface area contributed by atoms with Gasteiger partial charge in [-0.15, -0.1) is 0 Å². The van der Waals surface area contributed by atoms with Crippen LogP contribution >= 0.6 is 0 Å². The van der Waals surface area contributed by atoms with Crippen LogP contribution in [0.15, 0.2) is 71.6 Å². The fraction of sp³-hybridized carbons (Fsp3) is 0.310. The number of anilines is 3. The summed E-state index contributed by atoms with van der Waals surface area (Å²) in [4.78, 5) is 27.8. The molecule has 0 aliphatic carbocycles. The van der Waals surface area contributed by atoms with E-state index in [1.807, 2.05) is 24.3 Å². The van der Waals surface area contributed by atoms with Crippen molar-refractivity contribution in [1.29, 1.82) is 0 Å². The number of carbonyl (C=O) groups excluding carboxylic acids is 2. The van der Waals surface area contributed by atoms with E-state index in [-0.39, 0.29) is 35.6 Å². The summed E-state index contributed by atoms with van der Waals surface area (Å²) in [6.07, 6.45) is 1.03. The van der Waals surface area contributed by atoms with Gasteiger partial charge in [0.15, 0.2) is 0 Å². The molecule has 38 heavy (non-hydrogen) atoms. The van der Waals surface area contributed by atoms with E-state index in [2.05, 4.69) is 23.9 Å². The number of para-hydroxylation sites is 1. The molecule has 8 nitrogen and oxygen atoms in total. The lowest BCUT2D eigenvalue weighted by atomic mass is 9.96. The third-order valence-electron chi connectivity index (χ3n) is 6.95. The Morgan fingerprint density at radius 3 is 2.45 bits per heavy atom. The van der Waals surface area contributed by atoms with Gasteiger partial charge in [-0.3, -0.25) is 14.3 Å². The van der Waals surface area contributed by atoms with E-state index >= 15 is 0 Å². The monoisotopic (exact) mass is 535 g/mol. The van der Waals surface area contributed by atoms with Gasteiger partial charge in [-0.05, 0) is 72.9 Å². The number of benzene rings is 3. The number of aryl methyl sites for hydroxylation is 1. The van der Waals surface area contributed by atoms with Crippen LogP contribution in [-0.4, -0.2) is 33.9 Å². The molecule has 200 valence electrons. The SMILES string of the molecule is CC[C@H](C)c1ccccc1N1C[C@H](C(=O)Nc2ccc(C)c(S(=O)(=O)Nc3ccc(OC)cc3)c2)CC1=O. The number of sulfonamides is 1. The maximum absolute atomic E-state index is 13.1. The normalized spacial score (nSPS) is 16.3. The van der Waals surface area contributed by atoms with Crippen LogP contribution in [0.4, 0.5) is 17.1 Å². The predicted molar refractivity (Wildman–Crippen MR) is 149 cm³/mol. The third kappa shape index (κ3) is 5.83. The van der Waals surface area contributed by atoms with Crippen molar-refractivity contribution in [2.24, 2.45) is 5.92 Å². The second kappa shape index (κ2) is 11.3. The Hall–Kier alpha value is -3.85. The fourth-order valence-corrected chi connectivity index (χ4v) is 5.90. The first kappa shape index (κ1) is 27.2. The number of rotatable bonds is 9. The Bertz CT molecular complexity index is 1440. The summed E-state index contributed by atoms with van der Waals surface area (Å²) < 4.78 is 33.9. The number of amides is 2. The molecule has 4 rings (SSSR count). The highest BCUT2D eigenvalue weighted by atomic mass is 32.2. The molecule has 0 aromatic heterocycles. The lowest BCUT2D eigenvalue weighted by Gasteiger charge is -2.23. The maximum Gasteiger partial charge on any atom is 0.262 e. The Labute approximate surface area is 224 Å². The first-order valence-electron chi connectivity index (χ1n) is 12.6. The second-order valence-electron chi connectivity index (χ2n) is 9.58. The summed E-state index contributed by atoms with van der Waals surface area (Å²) >= 11 is 0. The van der Waals surface area contributed by atoms with E-state index in [0.717, 1.165) is 17.7 Å². The van der Waals surface area contributed by atoms with Gasteiger partial charge in [-0.1, -0.05) is 38.1 Å². The molecule has 2 N–H and O–H groups in total. The smallest absolute Gasteiger partial charge is 0.262 e. The first-order chi connectivity index (χ1) is 18.1. The van der Waals surface area contributed by atoms with Gasteiger partial charge in [0.25, 0.3) is 10.0 Å².